The van der Waals surface area contributed by atoms with Crippen LogP contribution in [0.4, 0.5) is 32.0 Å². The average Bonchev–Trinajstić information content (AvgIpc) is 2.35. The molecule has 1 aromatic carbocycles. The summed E-state index contributed by atoms with van der Waals surface area (Å²) in [5.41, 5.74) is -0.0158. The van der Waals surface area contributed by atoms with Crippen molar-refractivity contribution in [3.63, 3.8) is 0 Å². The third kappa shape index (κ3) is 6.94. The zero-order valence-electron chi connectivity index (χ0n) is 10.6. The first-order valence-corrected chi connectivity index (χ1v) is 6.17. The summed E-state index contributed by atoms with van der Waals surface area (Å²) in [6.45, 7) is -0.117. The summed E-state index contributed by atoms with van der Waals surface area (Å²) in [6.07, 6.45) is -11.4. The fourth-order valence-electron chi connectivity index (χ4n) is 1.32. The van der Waals surface area contributed by atoms with Crippen molar-refractivity contribution in [2.45, 2.75) is 18.8 Å². The number of anilines is 1. The van der Waals surface area contributed by atoms with E-state index in [9.17, 15) is 31.4 Å². The van der Waals surface area contributed by atoms with E-state index in [0.29, 0.717) is 12.1 Å². The first kappa shape index (κ1) is 18.5. The molecule has 0 aliphatic carbocycles. The number of rotatable bonds is 6. The van der Waals surface area contributed by atoms with E-state index < -0.39 is 30.3 Å². The first-order chi connectivity index (χ1) is 10.00. The molecular formula is C11H10ClF6NO3. The van der Waals surface area contributed by atoms with Crippen LogP contribution in [-0.2, 0) is 0 Å². The summed E-state index contributed by atoms with van der Waals surface area (Å²) >= 11 is 5.33. The minimum absolute atomic E-state index is 0.0158. The molecule has 0 saturated carbocycles. The van der Waals surface area contributed by atoms with Crippen LogP contribution in [0.25, 0.3) is 0 Å². The minimum atomic E-state index is -5.20. The zero-order chi connectivity index (χ0) is 17.0. The molecule has 0 aromatic heterocycles. The van der Waals surface area contributed by atoms with E-state index in [0.717, 1.165) is 6.07 Å². The average molecular weight is 354 g/mol. The highest BCUT2D eigenvalue weighted by atomic mass is 35.5. The second-order valence-electron chi connectivity index (χ2n) is 3.95. The predicted molar refractivity (Wildman–Crippen MR) is 65.0 cm³/mol. The normalized spacial score (nSPS) is 13.6. The van der Waals surface area contributed by atoms with Crippen LogP contribution in [0.5, 0.6) is 11.5 Å². The summed E-state index contributed by atoms with van der Waals surface area (Å²) < 4.78 is 80.0. The van der Waals surface area contributed by atoms with Gasteiger partial charge in [0.1, 0.15) is 0 Å². The lowest BCUT2D eigenvalue weighted by Gasteiger charge is -2.17. The van der Waals surface area contributed by atoms with E-state index in [-0.39, 0.29) is 18.1 Å². The van der Waals surface area contributed by atoms with Crippen LogP contribution in [0.3, 0.4) is 0 Å². The Balaban J connectivity index is 2.98. The quantitative estimate of drug-likeness (QED) is 0.607. The van der Waals surface area contributed by atoms with Crippen molar-refractivity contribution < 1.29 is 40.9 Å². The van der Waals surface area contributed by atoms with Gasteiger partial charge in [0.15, 0.2) is 11.5 Å². The molecule has 22 heavy (non-hydrogen) atoms. The fraction of sp³-hybridized carbons (Fsp3) is 0.455. The van der Waals surface area contributed by atoms with Crippen LogP contribution in [0.15, 0.2) is 18.2 Å². The molecule has 2 N–H and O–H groups in total. The number of alkyl halides is 7. The highest BCUT2D eigenvalue weighted by molar-refractivity contribution is 6.18. The van der Waals surface area contributed by atoms with Crippen molar-refractivity contribution in [3.05, 3.63) is 18.2 Å². The second kappa shape index (κ2) is 7.14. The van der Waals surface area contributed by atoms with Crippen LogP contribution in [0.1, 0.15) is 0 Å². The number of aliphatic hydroxyl groups excluding tert-OH is 1. The standard InChI is InChI=1S/C11H10ClF6NO3/c12-4-7(20)5-19-6-1-2-8(21-10(13,14)15)9(3-6)22-11(16,17)18/h1-3,7,19-20H,4-5H2. The van der Waals surface area contributed by atoms with Gasteiger partial charge in [0.25, 0.3) is 0 Å². The van der Waals surface area contributed by atoms with Gasteiger partial charge in [-0.2, -0.15) is 0 Å². The summed E-state index contributed by atoms with van der Waals surface area (Å²) in [5.74, 6) is -2.45. The monoisotopic (exact) mass is 353 g/mol. The molecule has 1 atom stereocenters. The first-order valence-electron chi connectivity index (χ1n) is 5.63. The Morgan fingerprint density at radius 3 is 2.09 bits per heavy atom. The van der Waals surface area contributed by atoms with E-state index in [4.69, 9.17) is 11.6 Å². The maximum absolute atomic E-state index is 12.2. The van der Waals surface area contributed by atoms with E-state index in [2.05, 4.69) is 14.8 Å². The van der Waals surface area contributed by atoms with Gasteiger partial charge in [-0.25, -0.2) is 0 Å². The van der Waals surface area contributed by atoms with E-state index in [1.165, 1.54) is 0 Å². The fourth-order valence-corrected chi connectivity index (χ4v) is 1.43. The molecule has 0 radical (unpaired) electrons. The van der Waals surface area contributed by atoms with E-state index >= 15 is 0 Å². The van der Waals surface area contributed by atoms with Crippen LogP contribution in [0, 0.1) is 0 Å². The lowest BCUT2D eigenvalue weighted by molar-refractivity contribution is -0.287. The maximum atomic E-state index is 12.2. The molecule has 0 bridgehead atoms. The van der Waals surface area contributed by atoms with Gasteiger partial charge in [-0.1, -0.05) is 0 Å². The zero-order valence-corrected chi connectivity index (χ0v) is 11.4. The number of nitrogens with one attached hydrogen (secondary N) is 1. The topological polar surface area (TPSA) is 50.7 Å². The number of aliphatic hydroxyl groups is 1. The van der Waals surface area contributed by atoms with Crippen LogP contribution < -0.4 is 14.8 Å². The molecule has 1 aromatic rings. The molecule has 126 valence electrons. The lowest BCUT2D eigenvalue weighted by Crippen LogP contribution is -2.22. The van der Waals surface area contributed by atoms with Gasteiger partial charge in [0, 0.05) is 18.3 Å². The molecule has 1 unspecified atom stereocenters. The third-order valence-electron chi connectivity index (χ3n) is 2.12. The maximum Gasteiger partial charge on any atom is 0.573 e. The molecule has 0 aliphatic heterocycles. The van der Waals surface area contributed by atoms with Crippen LogP contribution in [0.2, 0.25) is 0 Å². The number of hydrogen-bond acceptors (Lipinski definition) is 4. The molecule has 0 saturated heterocycles. The molecule has 1 rings (SSSR count). The Hall–Kier alpha value is -1.55. The van der Waals surface area contributed by atoms with E-state index in [1.807, 2.05) is 0 Å². The summed E-state index contributed by atoms with van der Waals surface area (Å²) in [7, 11) is 0. The molecule has 0 aliphatic rings. The number of benzene rings is 1. The Labute approximate surface area is 125 Å². The molecule has 0 fully saturated rings. The van der Waals surface area contributed by atoms with Gasteiger partial charge in [-0.15, -0.1) is 37.9 Å². The van der Waals surface area contributed by atoms with Crippen molar-refractivity contribution in [2.75, 3.05) is 17.7 Å². The molecule has 0 heterocycles. The van der Waals surface area contributed by atoms with Gasteiger partial charge in [-0.3, -0.25) is 0 Å². The summed E-state index contributed by atoms with van der Waals surface area (Å²) in [6, 6.07) is 2.35. The molecule has 11 heteroatoms. The molecule has 0 amide bonds. The minimum Gasteiger partial charge on any atom is -0.402 e. The Morgan fingerprint density at radius 2 is 1.59 bits per heavy atom. The summed E-state index contributed by atoms with van der Waals surface area (Å²) in [5, 5.41) is 11.7. The van der Waals surface area contributed by atoms with Gasteiger partial charge >= 0.3 is 12.7 Å². The van der Waals surface area contributed by atoms with Crippen LogP contribution in [-0.4, -0.2) is 36.4 Å². The highest BCUT2D eigenvalue weighted by Crippen LogP contribution is 2.37. The predicted octanol–water partition coefficient (Wildman–Crippen LogP) is 3.50. The Kier molecular flexibility index (Phi) is 6.00. The third-order valence-corrected chi connectivity index (χ3v) is 2.47. The SMILES string of the molecule is OC(CCl)CNc1ccc(OC(F)(F)F)c(OC(F)(F)F)c1. The Morgan fingerprint density at radius 1 is 1.05 bits per heavy atom. The number of halogens is 7. The van der Waals surface area contributed by atoms with Gasteiger partial charge in [0.2, 0.25) is 0 Å². The molecular weight excluding hydrogens is 344 g/mol. The highest BCUT2D eigenvalue weighted by Gasteiger charge is 2.36. The van der Waals surface area contributed by atoms with Gasteiger partial charge < -0.3 is 19.9 Å². The van der Waals surface area contributed by atoms with Crippen molar-refractivity contribution >= 4 is 17.3 Å². The second-order valence-corrected chi connectivity index (χ2v) is 4.25. The van der Waals surface area contributed by atoms with Crippen molar-refractivity contribution in [3.8, 4) is 11.5 Å². The van der Waals surface area contributed by atoms with E-state index in [1.54, 1.807) is 0 Å². The summed E-state index contributed by atoms with van der Waals surface area (Å²) in [4.78, 5) is 0. The number of hydrogen-bond donors (Lipinski definition) is 2. The van der Waals surface area contributed by atoms with Gasteiger partial charge in [0.05, 0.1) is 12.0 Å². The van der Waals surface area contributed by atoms with Gasteiger partial charge in [-0.05, 0) is 12.1 Å². The van der Waals surface area contributed by atoms with Crippen LogP contribution >= 0.6 is 11.6 Å². The smallest absolute Gasteiger partial charge is 0.402 e. The van der Waals surface area contributed by atoms with Crippen molar-refractivity contribution in [1.29, 1.82) is 0 Å². The number of ether oxygens (including phenoxy) is 2. The lowest BCUT2D eigenvalue weighted by atomic mass is 10.2. The Bertz CT molecular complexity index is 494. The largest absolute Gasteiger partial charge is 0.573 e. The van der Waals surface area contributed by atoms with Crippen molar-refractivity contribution in [2.24, 2.45) is 0 Å². The van der Waals surface area contributed by atoms with Crippen molar-refractivity contribution in [1.82, 2.24) is 0 Å². The molecule has 0 spiro atoms. The molecule has 4 nitrogen and oxygen atoms in total.